The Labute approximate surface area is 148 Å². The number of halogens is 6. The predicted octanol–water partition coefficient (Wildman–Crippen LogP) is 4.47. The van der Waals surface area contributed by atoms with E-state index in [-0.39, 0.29) is 10.8 Å². The molecule has 1 atom stereocenters. The number of pyridine rings is 1. The molecule has 0 saturated carbocycles. The van der Waals surface area contributed by atoms with Crippen LogP contribution >= 0.6 is 0 Å². The number of carbonyl (C=O) groups excluding carboxylic acids is 1. The van der Waals surface area contributed by atoms with E-state index in [9.17, 15) is 31.1 Å². The summed E-state index contributed by atoms with van der Waals surface area (Å²) in [5, 5.41) is 0.282. The Morgan fingerprint density at radius 3 is 1.78 bits per heavy atom. The number of ether oxygens (including phenoxy) is 1. The van der Waals surface area contributed by atoms with E-state index in [1.807, 2.05) is 0 Å². The Balaban J connectivity index is 2.27. The number of carbonyl (C=O) groups is 1. The van der Waals surface area contributed by atoms with Crippen molar-refractivity contribution in [1.29, 1.82) is 0 Å². The van der Waals surface area contributed by atoms with Crippen molar-refractivity contribution < 1.29 is 40.4 Å². The van der Waals surface area contributed by atoms with Crippen LogP contribution in [0.1, 0.15) is 10.4 Å². The number of para-hydroxylation sites is 2. The van der Waals surface area contributed by atoms with Crippen molar-refractivity contribution >= 4 is 27.8 Å². The quantitative estimate of drug-likeness (QED) is 0.287. The van der Waals surface area contributed by atoms with Crippen LogP contribution in [0.5, 0.6) is 0 Å². The molecule has 3 nitrogen and oxygen atoms in total. The molecule has 1 unspecified atom stereocenters. The molecule has 1 aromatic heterocycles. The zero-order valence-corrected chi connectivity index (χ0v) is 13.7. The highest BCUT2D eigenvalue weighted by Gasteiger charge is 2.67. The highest BCUT2D eigenvalue weighted by atomic mass is 19.4. The van der Waals surface area contributed by atoms with E-state index < -0.39 is 30.0 Å². The number of alkyl halides is 6. The maximum absolute atomic E-state index is 13.9. The smallest absolute Gasteiger partial charge is 0.411 e. The fraction of sp³-hybridized carbons (Fsp3) is 0.222. The fourth-order valence-corrected chi connectivity index (χ4v) is 2.86. The van der Waals surface area contributed by atoms with E-state index in [1.54, 1.807) is 35.9 Å². The van der Waals surface area contributed by atoms with Gasteiger partial charge in [0, 0.05) is 12.1 Å². The summed E-state index contributed by atoms with van der Waals surface area (Å²) in [6.07, 6.45) is -10.7. The molecule has 0 N–H and O–H groups in total. The number of rotatable bonds is 3. The zero-order valence-electron chi connectivity index (χ0n) is 13.7. The second-order valence-electron chi connectivity index (χ2n) is 5.80. The molecule has 3 aromatic rings. The third kappa shape index (κ3) is 2.96. The number of esters is 1. The van der Waals surface area contributed by atoms with Gasteiger partial charge in [0.15, 0.2) is 0 Å². The maximum Gasteiger partial charge on any atom is 0.466 e. The van der Waals surface area contributed by atoms with E-state index in [1.165, 1.54) is 24.3 Å². The molecule has 142 valence electrons. The molecule has 0 amide bonds. The van der Waals surface area contributed by atoms with E-state index >= 15 is 0 Å². The number of hydrogen-bond donors (Lipinski definition) is 0. The van der Waals surface area contributed by atoms with Crippen LogP contribution in [-0.2, 0) is 11.8 Å². The van der Waals surface area contributed by atoms with Gasteiger partial charge in [-0.15, -0.1) is 0 Å². The zero-order chi connectivity index (χ0) is 20.0. The third-order valence-corrected chi connectivity index (χ3v) is 4.18. The van der Waals surface area contributed by atoms with Crippen molar-refractivity contribution in [1.82, 2.24) is 0 Å². The van der Waals surface area contributed by atoms with Crippen molar-refractivity contribution in [2.24, 2.45) is 7.05 Å². The van der Waals surface area contributed by atoms with Gasteiger partial charge in [-0.3, -0.25) is 0 Å². The molecule has 0 bridgehead atoms. The van der Waals surface area contributed by atoms with Crippen LogP contribution < -0.4 is 4.57 Å². The molecular weight excluding hydrogens is 376 g/mol. The van der Waals surface area contributed by atoms with Crippen molar-refractivity contribution in [2.45, 2.75) is 18.5 Å². The van der Waals surface area contributed by atoms with Crippen molar-refractivity contribution in [2.75, 3.05) is 0 Å². The molecular formula is C18H12F6NO2+. The summed E-state index contributed by atoms with van der Waals surface area (Å²) in [7, 11) is 1.66. The van der Waals surface area contributed by atoms with Gasteiger partial charge in [-0.25, -0.2) is 13.6 Å². The largest absolute Gasteiger partial charge is 0.466 e. The van der Waals surface area contributed by atoms with Crippen LogP contribution in [0.4, 0.5) is 26.3 Å². The highest BCUT2D eigenvalue weighted by Crippen LogP contribution is 2.41. The first-order valence-electron chi connectivity index (χ1n) is 7.64. The molecule has 27 heavy (non-hydrogen) atoms. The highest BCUT2D eigenvalue weighted by molar-refractivity contribution is 6.12. The van der Waals surface area contributed by atoms with Gasteiger partial charge in [-0.2, -0.15) is 22.1 Å². The molecule has 3 rings (SSSR count). The average Bonchev–Trinajstić information content (AvgIpc) is 2.61. The second kappa shape index (κ2) is 6.40. The summed E-state index contributed by atoms with van der Waals surface area (Å²) in [4.78, 5) is 12.4. The molecule has 1 heterocycles. The summed E-state index contributed by atoms with van der Waals surface area (Å²) in [5.41, 5.74) is 0.430. The third-order valence-electron chi connectivity index (χ3n) is 4.18. The summed E-state index contributed by atoms with van der Waals surface area (Å²) >= 11 is 0. The van der Waals surface area contributed by atoms with Crippen LogP contribution in [0.25, 0.3) is 21.8 Å². The van der Waals surface area contributed by atoms with Gasteiger partial charge in [0.1, 0.15) is 7.05 Å². The molecule has 0 radical (unpaired) electrons. The Morgan fingerprint density at radius 1 is 0.926 bits per heavy atom. The monoisotopic (exact) mass is 388 g/mol. The van der Waals surface area contributed by atoms with E-state index in [2.05, 4.69) is 4.74 Å². The van der Waals surface area contributed by atoms with Gasteiger partial charge in [-0.1, -0.05) is 24.3 Å². The van der Waals surface area contributed by atoms with Crippen molar-refractivity contribution in [3.05, 3.63) is 54.1 Å². The van der Waals surface area contributed by atoms with Crippen LogP contribution in [0.15, 0.2) is 48.5 Å². The van der Waals surface area contributed by atoms with Crippen LogP contribution in [0, 0.1) is 0 Å². The van der Waals surface area contributed by atoms with Crippen molar-refractivity contribution in [3.63, 3.8) is 0 Å². The predicted molar refractivity (Wildman–Crippen MR) is 83.9 cm³/mol. The Morgan fingerprint density at radius 2 is 1.37 bits per heavy atom. The van der Waals surface area contributed by atoms with E-state index in [0.717, 1.165) is 0 Å². The standard InChI is InChI=1S/C18H12F6NO2/c1-25-12-8-4-2-6-10(12)14(11-7-3-5-9-13(11)25)15(26)27-17(21,16(19)20)18(22,23)24/h2-9,16H,1H3/q+1. The molecule has 0 fully saturated rings. The van der Waals surface area contributed by atoms with E-state index in [4.69, 9.17) is 0 Å². The maximum atomic E-state index is 13.9. The van der Waals surface area contributed by atoms with Gasteiger partial charge >= 0.3 is 24.4 Å². The minimum atomic E-state index is -6.10. The molecule has 0 saturated heterocycles. The van der Waals surface area contributed by atoms with Gasteiger partial charge in [-0.05, 0) is 12.1 Å². The summed E-state index contributed by atoms with van der Waals surface area (Å²) in [6, 6.07) is 12.3. The number of nitrogens with zero attached hydrogens (tertiary/aromatic N) is 1. The Bertz CT molecular complexity index is 976. The van der Waals surface area contributed by atoms with Crippen LogP contribution in [0.3, 0.4) is 0 Å². The van der Waals surface area contributed by atoms with Gasteiger partial charge in [0.05, 0.1) is 16.3 Å². The lowest BCUT2D eigenvalue weighted by atomic mass is 10.0. The first-order valence-corrected chi connectivity index (χ1v) is 7.64. The number of hydrogen-bond acceptors (Lipinski definition) is 2. The molecule has 9 heteroatoms. The summed E-state index contributed by atoms with van der Waals surface area (Å²) < 4.78 is 83.2. The SMILES string of the molecule is C[n+]1c2ccccc2c(C(=O)OC(F)(C(F)F)C(F)(F)F)c2ccccc21. The minimum absolute atomic E-state index is 0.141. The molecule has 0 aliphatic rings. The Kier molecular flexibility index (Phi) is 4.49. The number of fused-ring (bicyclic) bond motifs is 2. The average molecular weight is 388 g/mol. The summed E-state index contributed by atoms with van der Waals surface area (Å²) in [6.45, 7) is 0. The first-order chi connectivity index (χ1) is 12.6. The minimum Gasteiger partial charge on any atom is -0.411 e. The fourth-order valence-electron chi connectivity index (χ4n) is 2.86. The Hall–Kier alpha value is -2.84. The number of benzene rings is 2. The molecule has 0 spiro atoms. The molecule has 0 aliphatic heterocycles. The normalized spacial score (nSPS) is 14.5. The first kappa shape index (κ1) is 18.9. The van der Waals surface area contributed by atoms with Gasteiger partial charge in [0.2, 0.25) is 11.0 Å². The van der Waals surface area contributed by atoms with Gasteiger partial charge in [0.25, 0.3) is 0 Å². The van der Waals surface area contributed by atoms with E-state index in [0.29, 0.717) is 11.0 Å². The lowest BCUT2D eigenvalue weighted by Gasteiger charge is -2.26. The van der Waals surface area contributed by atoms with Crippen LogP contribution in [0.2, 0.25) is 0 Å². The topological polar surface area (TPSA) is 30.2 Å². The molecule has 0 aliphatic carbocycles. The summed E-state index contributed by atoms with van der Waals surface area (Å²) in [5.74, 6) is -7.24. The van der Waals surface area contributed by atoms with Crippen LogP contribution in [-0.4, -0.2) is 24.4 Å². The lowest BCUT2D eigenvalue weighted by molar-refractivity contribution is -0.617. The number of aryl methyl sites for hydroxylation is 1. The number of aromatic nitrogens is 1. The van der Waals surface area contributed by atoms with Crippen molar-refractivity contribution in [3.8, 4) is 0 Å². The second-order valence-corrected chi connectivity index (χ2v) is 5.80. The van der Waals surface area contributed by atoms with Gasteiger partial charge < -0.3 is 4.74 Å². The lowest BCUT2D eigenvalue weighted by Crippen LogP contribution is -2.51. The molecule has 2 aromatic carbocycles.